The van der Waals surface area contributed by atoms with Crippen molar-refractivity contribution in [1.82, 2.24) is 5.32 Å². The SMILES string of the molecule is CC.CC(C)(C)OC(=O)N[C@H]1C[C@@H](N)CC1OC(=O)CN. The molecule has 0 heterocycles. The van der Waals surface area contributed by atoms with Gasteiger partial charge in [0.1, 0.15) is 11.7 Å². The quantitative estimate of drug-likeness (QED) is 0.667. The zero-order valence-electron chi connectivity index (χ0n) is 13.6. The van der Waals surface area contributed by atoms with Gasteiger partial charge in [-0.1, -0.05) is 13.8 Å². The smallest absolute Gasteiger partial charge is 0.408 e. The van der Waals surface area contributed by atoms with Gasteiger partial charge in [-0.3, -0.25) is 4.79 Å². The summed E-state index contributed by atoms with van der Waals surface area (Å²) in [5.74, 6) is -0.505. The number of rotatable bonds is 3. The molecule has 7 nitrogen and oxygen atoms in total. The molecule has 3 atom stereocenters. The average molecular weight is 303 g/mol. The van der Waals surface area contributed by atoms with Gasteiger partial charge in [0, 0.05) is 12.5 Å². The van der Waals surface area contributed by atoms with Gasteiger partial charge >= 0.3 is 12.1 Å². The standard InChI is InChI=1S/C12H23N3O4.C2H6/c1-12(2,3)19-11(17)15-8-4-7(14)5-9(8)18-10(16)6-13;1-2/h7-9H,4-6,13-14H2,1-3H3,(H,15,17);1-2H3/t7-,8+,9?;/m1./s1. The fourth-order valence-corrected chi connectivity index (χ4v) is 1.99. The molecule has 0 aliphatic heterocycles. The van der Waals surface area contributed by atoms with Gasteiger partial charge in [-0.05, 0) is 27.2 Å². The van der Waals surface area contributed by atoms with Gasteiger partial charge in [0.25, 0.3) is 0 Å². The van der Waals surface area contributed by atoms with E-state index in [2.05, 4.69) is 5.32 Å². The fraction of sp³-hybridized carbons (Fsp3) is 0.857. The Morgan fingerprint density at radius 1 is 1.24 bits per heavy atom. The molecule has 21 heavy (non-hydrogen) atoms. The molecule has 1 saturated carbocycles. The number of nitrogens with one attached hydrogen (secondary N) is 1. The van der Waals surface area contributed by atoms with Crippen LogP contribution in [0.5, 0.6) is 0 Å². The molecule has 0 spiro atoms. The van der Waals surface area contributed by atoms with Crippen LogP contribution in [0.2, 0.25) is 0 Å². The number of carbonyl (C=O) groups excluding carboxylic acids is 2. The van der Waals surface area contributed by atoms with Crippen molar-refractivity contribution >= 4 is 12.1 Å². The van der Waals surface area contributed by atoms with Gasteiger partial charge in [0.05, 0.1) is 12.6 Å². The first-order valence-corrected chi connectivity index (χ1v) is 7.36. The molecule has 0 aromatic carbocycles. The Hall–Kier alpha value is -1.34. The summed E-state index contributed by atoms with van der Waals surface area (Å²) in [4.78, 5) is 22.9. The summed E-state index contributed by atoms with van der Waals surface area (Å²) < 4.78 is 10.3. The van der Waals surface area contributed by atoms with Crippen LogP contribution >= 0.6 is 0 Å². The molecule has 1 amide bonds. The van der Waals surface area contributed by atoms with Crippen molar-refractivity contribution in [2.45, 2.75) is 71.2 Å². The van der Waals surface area contributed by atoms with Gasteiger partial charge in [-0.25, -0.2) is 4.79 Å². The molecule has 0 aromatic rings. The Kier molecular flexibility index (Phi) is 8.27. The molecule has 1 aliphatic rings. The third-order valence-electron chi connectivity index (χ3n) is 2.69. The summed E-state index contributed by atoms with van der Waals surface area (Å²) >= 11 is 0. The van der Waals surface area contributed by atoms with Crippen molar-refractivity contribution in [3.63, 3.8) is 0 Å². The molecule has 1 fully saturated rings. The molecule has 124 valence electrons. The Bertz CT molecular complexity index is 342. The number of alkyl carbamates (subject to hydrolysis) is 1. The maximum Gasteiger partial charge on any atom is 0.408 e. The van der Waals surface area contributed by atoms with E-state index in [0.717, 1.165) is 0 Å². The second-order valence-electron chi connectivity index (χ2n) is 5.72. The van der Waals surface area contributed by atoms with Crippen LogP contribution in [0, 0.1) is 0 Å². The first-order valence-electron chi connectivity index (χ1n) is 7.36. The molecule has 1 aliphatic carbocycles. The van der Waals surface area contributed by atoms with E-state index >= 15 is 0 Å². The Morgan fingerprint density at radius 2 is 1.81 bits per heavy atom. The van der Waals surface area contributed by atoms with E-state index < -0.39 is 23.8 Å². The van der Waals surface area contributed by atoms with Gasteiger partial charge in [0.2, 0.25) is 0 Å². The van der Waals surface area contributed by atoms with E-state index in [-0.39, 0.29) is 18.6 Å². The second kappa shape index (κ2) is 8.84. The van der Waals surface area contributed by atoms with Gasteiger partial charge in [-0.2, -0.15) is 0 Å². The van der Waals surface area contributed by atoms with Crippen LogP contribution in [0.4, 0.5) is 4.79 Å². The maximum absolute atomic E-state index is 11.7. The molecule has 1 unspecified atom stereocenters. The molecule has 0 bridgehead atoms. The third-order valence-corrected chi connectivity index (χ3v) is 2.69. The lowest BCUT2D eigenvalue weighted by molar-refractivity contribution is -0.148. The van der Waals surface area contributed by atoms with Crippen molar-refractivity contribution in [2.75, 3.05) is 6.54 Å². The largest absolute Gasteiger partial charge is 0.459 e. The first-order chi connectivity index (χ1) is 9.71. The Labute approximate surface area is 126 Å². The molecular formula is C14H29N3O4. The van der Waals surface area contributed by atoms with Crippen LogP contribution in [0.15, 0.2) is 0 Å². The summed E-state index contributed by atoms with van der Waals surface area (Å²) in [7, 11) is 0. The monoisotopic (exact) mass is 303 g/mol. The van der Waals surface area contributed by atoms with Gasteiger partial charge in [-0.15, -0.1) is 0 Å². The summed E-state index contributed by atoms with van der Waals surface area (Å²) in [6.45, 7) is 9.14. The van der Waals surface area contributed by atoms with Crippen LogP contribution in [-0.4, -0.2) is 42.4 Å². The highest BCUT2D eigenvalue weighted by Crippen LogP contribution is 2.22. The van der Waals surface area contributed by atoms with E-state index in [4.69, 9.17) is 20.9 Å². The summed E-state index contributed by atoms with van der Waals surface area (Å²) in [5, 5.41) is 2.69. The number of ether oxygens (including phenoxy) is 2. The number of hydrogen-bond acceptors (Lipinski definition) is 6. The molecule has 5 N–H and O–H groups in total. The summed E-state index contributed by atoms with van der Waals surface area (Å²) in [6.07, 6.45) is 0.0625. The van der Waals surface area contributed by atoms with Crippen LogP contribution in [0.1, 0.15) is 47.5 Å². The van der Waals surface area contributed by atoms with E-state index in [1.807, 2.05) is 13.8 Å². The lowest BCUT2D eigenvalue weighted by Crippen LogP contribution is -2.44. The predicted molar refractivity (Wildman–Crippen MR) is 80.6 cm³/mol. The van der Waals surface area contributed by atoms with Gasteiger partial charge < -0.3 is 26.3 Å². The Morgan fingerprint density at radius 3 is 2.29 bits per heavy atom. The number of carbonyl (C=O) groups is 2. The second-order valence-corrected chi connectivity index (χ2v) is 5.72. The zero-order chi connectivity index (χ0) is 16.6. The van der Waals surface area contributed by atoms with Crippen LogP contribution < -0.4 is 16.8 Å². The van der Waals surface area contributed by atoms with Crippen LogP contribution in [-0.2, 0) is 14.3 Å². The predicted octanol–water partition coefficient (Wildman–Crippen LogP) is 0.898. The molecule has 0 radical (unpaired) electrons. The van der Waals surface area contributed by atoms with E-state index in [1.54, 1.807) is 20.8 Å². The number of amides is 1. The van der Waals surface area contributed by atoms with Crippen molar-refractivity contribution in [1.29, 1.82) is 0 Å². The number of nitrogens with two attached hydrogens (primary N) is 2. The van der Waals surface area contributed by atoms with E-state index in [0.29, 0.717) is 12.8 Å². The highest BCUT2D eigenvalue weighted by atomic mass is 16.6. The maximum atomic E-state index is 11.7. The van der Waals surface area contributed by atoms with Crippen molar-refractivity contribution < 1.29 is 19.1 Å². The topological polar surface area (TPSA) is 117 Å². The van der Waals surface area contributed by atoms with E-state index in [1.165, 1.54) is 0 Å². The number of hydrogen-bond donors (Lipinski definition) is 3. The molecule has 0 aromatic heterocycles. The lowest BCUT2D eigenvalue weighted by atomic mass is 10.2. The lowest BCUT2D eigenvalue weighted by Gasteiger charge is -2.24. The minimum Gasteiger partial charge on any atom is -0.459 e. The van der Waals surface area contributed by atoms with Crippen LogP contribution in [0.3, 0.4) is 0 Å². The molecule has 7 heteroatoms. The highest BCUT2D eigenvalue weighted by Gasteiger charge is 2.36. The fourth-order valence-electron chi connectivity index (χ4n) is 1.99. The number of esters is 1. The summed E-state index contributed by atoms with van der Waals surface area (Å²) in [6, 6.07) is -0.448. The molecule has 0 saturated heterocycles. The van der Waals surface area contributed by atoms with Crippen LogP contribution in [0.25, 0.3) is 0 Å². The Balaban J connectivity index is 0.00000191. The average Bonchev–Trinajstić information content (AvgIpc) is 2.69. The molecular weight excluding hydrogens is 274 g/mol. The molecule has 1 rings (SSSR count). The van der Waals surface area contributed by atoms with Crippen molar-refractivity contribution in [2.24, 2.45) is 11.5 Å². The van der Waals surface area contributed by atoms with Gasteiger partial charge in [0.15, 0.2) is 0 Å². The summed E-state index contributed by atoms with van der Waals surface area (Å²) in [5.41, 5.74) is 10.4. The highest BCUT2D eigenvalue weighted by molar-refractivity contribution is 5.72. The third kappa shape index (κ3) is 7.87. The van der Waals surface area contributed by atoms with E-state index in [9.17, 15) is 9.59 Å². The minimum atomic E-state index is -0.575. The normalized spacial score (nSPS) is 24.6. The zero-order valence-corrected chi connectivity index (χ0v) is 13.6. The van der Waals surface area contributed by atoms with Crippen molar-refractivity contribution in [3.05, 3.63) is 0 Å². The first kappa shape index (κ1) is 19.7. The minimum absolute atomic E-state index is 0.115. The van der Waals surface area contributed by atoms with Crippen molar-refractivity contribution in [3.8, 4) is 0 Å².